The molecule has 1 aliphatic heterocycles. The zero-order valence-electron chi connectivity index (χ0n) is 11.1. The van der Waals surface area contributed by atoms with Gasteiger partial charge in [-0.15, -0.1) is 0 Å². The van der Waals surface area contributed by atoms with Crippen molar-refractivity contribution in [1.82, 2.24) is 5.32 Å². The fourth-order valence-corrected chi connectivity index (χ4v) is 2.47. The highest BCUT2D eigenvalue weighted by Crippen LogP contribution is 2.32. The molecule has 1 saturated heterocycles. The molecular weight excluding hydrogens is 244 g/mol. The van der Waals surface area contributed by atoms with E-state index in [1.807, 2.05) is 43.3 Å². The Balaban J connectivity index is 2.28. The number of benzene rings is 1. The average molecular weight is 262 g/mol. The second kappa shape index (κ2) is 5.30. The first kappa shape index (κ1) is 13.4. The molecule has 1 aromatic carbocycles. The minimum atomic E-state index is -1.06. The van der Waals surface area contributed by atoms with Gasteiger partial charge >= 0.3 is 5.97 Å². The maximum Gasteiger partial charge on any atom is 0.316 e. The first-order valence-electron chi connectivity index (χ1n) is 6.28. The highest BCUT2D eigenvalue weighted by molar-refractivity contribution is 5.98. The Kier molecular flexibility index (Phi) is 3.74. The molecule has 19 heavy (non-hydrogen) atoms. The highest BCUT2D eigenvalue weighted by atomic mass is 16.4. The van der Waals surface area contributed by atoms with Crippen LogP contribution in [0.2, 0.25) is 0 Å². The molecule has 2 rings (SSSR count). The molecule has 1 amide bonds. The average Bonchev–Trinajstić information content (AvgIpc) is 2.38. The highest BCUT2D eigenvalue weighted by Gasteiger charge is 2.38. The van der Waals surface area contributed by atoms with Gasteiger partial charge in [0.1, 0.15) is 5.92 Å². The van der Waals surface area contributed by atoms with Gasteiger partial charge in [-0.1, -0.05) is 12.1 Å². The third-order valence-electron chi connectivity index (χ3n) is 3.54. The van der Waals surface area contributed by atoms with Crippen LogP contribution < -0.4 is 10.2 Å². The first-order chi connectivity index (χ1) is 9.00. The lowest BCUT2D eigenvalue weighted by Crippen LogP contribution is -2.44. The monoisotopic (exact) mass is 262 g/mol. The Hall–Kier alpha value is -2.04. The predicted molar refractivity (Wildman–Crippen MR) is 72.3 cm³/mol. The summed E-state index contributed by atoms with van der Waals surface area (Å²) in [7, 11) is 3.90. The van der Waals surface area contributed by atoms with Crippen LogP contribution >= 0.6 is 0 Å². The van der Waals surface area contributed by atoms with E-state index in [4.69, 9.17) is 0 Å². The van der Waals surface area contributed by atoms with E-state index in [1.165, 1.54) is 0 Å². The van der Waals surface area contributed by atoms with Crippen molar-refractivity contribution in [3.05, 3.63) is 29.8 Å². The summed E-state index contributed by atoms with van der Waals surface area (Å²) >= 11 is 0. The van der Waals surface area contributed by atoms with Crippen LogP contribution in [0.3, 0.4) is 0 Å². The first-order valence-corrected chi connectivity index (χ1v) is 6.28. The van der Waals surface area contributed by atoms with E-state index in [-0.39, 0.29) is 11.8 Å². The van der Waals surface area contributed by atoms with Crippen molar-refractivity contribution >= 4 is 17.6 Å². The number of anilines is 1. The minimum absolute atomic E-state index is 0.248. The van der Waals surface area contributed by atoms with E-state index in [0.29, 0.717) is 13.0 Å². The number of amides is 1. The number of nitrogens with zero attached hydrogens (tertiary/aromatic N) is 1. The van der Waals surface area contributed by atoms with Crippen LogP contribution in [0.5, 0.6) is 0 Å². The zero-order chi connectivity index (χ0) is 14.0. The number of carboxylic acid groups (broad SMARTS) is 1. The third-order valence-corrected chi connectivity index (χ3v) is 3.54. The Morgan fingerprint density at radius 1 is 1.32 bits per heavy atom. The van der Waals surface area contributed by atoms with Gasteiger partial charge in [0.15, 0.2) is 0 Å². The number of rotatable bonds is 3. The van der Waals surface area contributed by atoms with Gasteiger partial charge in [-0.2, -0.15) is 0 Å². The van der Waals surface area contributed by atoms with Crippen LogP contribution in [-0.4, -0.2) is 37.6 Å². The molecule has 2 N–H and O–H groups in total. The Bertz CT molecular complexity index is 482. The van der Waals surface area contributed by atoms with Crippen molar-refractivity contribution in [3.8, 4) is 0 Å². The summed E-state index contributed by atoms with van der Waals surface area (Å²) in [6.07, 6.45) is 0.657. The van der Waals surface area contributed by atoms with Crippen molar-refractivity contribution in [2.24, 2.45) is 5.92 Å². The normalized spacial score (nSPS) is 22.7. The second-order valence-corrected chi connectivity index (χ2v) is 4.99. The van der Waals surface area contributed by atoms with Crippen molar-refractivity contribution in [3.63, 3.8) is 0 Å². The van der Waals surface area contributed by atoms with E-state index in [0.717, 1.165) is 11.3 Å². The summed E-state index contributed by atoms with van der Waals surface area (Å²) in [4.78, 5) is 24.9. The number of hydrogen-bond acceptors (Lipinski definition) is 3. The van der Waals surface area contributed by atoms with Crippen molar-refractivity contribution in [2.45, 2.75) is 12.3 Å². The maximum atomic E-state index is 11.7. The van der Waals surface area contributed by atoms with E-state index < -0.39 is 11.9 Å². The smallest absolute Gasteiger partial charge is 0.316 e. The molecule has 0 bridgehead atoms. The molecule has 0 spiro atoms. The number of piperidine rings is 1. The molecule has 0 aliphatic carbocycles. The van der Waals surface area contributed by atoms with Gasteiger partial charge in [0.05, 0.1) is 0 Å². The standard InChI is InChI=1S/C14H18N2O3/c1-16(2)10-5-3-9(4-6-10)11-7-8-15-13(17)12(11)14(18)19/h3-6,11-12H,7-8H2,1-2H3,(H,15,17)(H,18,19). The summed E-state index contributed by atoms with van der Waals surface area (Å²) in [5, 5.41) is 11.8. The number of carboxylic acids is 1. The van der Waals surface area contributed by atoms with Crippen molar-refractivity contribution in [1.29, 1.82) is 0 Å². The molecule has 1 fully saturated rings. The van der Waals surface area contributed by atoms with Crippen LogP contribution in [0.1, 0.15) is 17.9 Å². The van der Waals surface area contributed by atoms with Crippen LogP contribution in [0.4, 0.5) is 5.69 Å². The van der Waals surface area contributed by atoms with E-state index in [9.17, 15) is 14.7 Å². The van der Waals surface area contributed by atoms with E-state index in [2.05, 4.69) is 5.32 Å². The summed E-state index contributed by atoms with van der Waals surface area (Å²) in [5.41, 5.74) is 1.96. The number of carbonyl (C=O) groups excluding carboxylic acids is 1. The van der Waals surface area contributed by atoms with Gasteiger partial charge in [0, 0.05) is 32.2 Å². The second-order valence-electron chi connectivity index (χ2n) is 4.99. The molecule has 1 heterocycles. The van der Waals surface area contributed by atoms with Crippen molar-refractivity contribution < 1.29 is 14.7 Å². The fraction of sp³-hybridized carbons (Fsp3) is 0.429. The molecule has 0 aromatic heterocycles. The van der Waals surface area contributed by atoms with Crippen molar-refractivity contribution in [2.75, 3.05) is 25.5 Å². The Morgan fingerprint density at radius 2 is 1.95 bits per heavy atom. The minimum Gasteiger partial charge on any atom is -0.481 e. The molecule has 5 heteroatoms. The van der Waals surface area contributed by atoms with Crippen LogP contribution in [0.25, 0.3) is 0 Å². The molecule has 102 valence electrons. The Labute approximate surface area is 112 Å². The Morgan fingerprint density at radius 3 is 2.47 bits per heavy atom. The molecule has 0 radical (unpaired) electrons. The molecule has 2 unspecified atom stereocenters. The zero-order valence-corrected chi connectivity index (χ0v) is 11.1. The summed E-state index contributed by atoms with van der Waals surface area (Å²) in [5.74, 6) is -2.68. The lowest BCUT2D eigenvalue weighted by molar-refractivity contribution is -0.149. The van der Waals surface area contributed by atoms with Gasteiger partial charge in [-0.3, -0.25) is 9.59 Å². The van der Waals surface area contributed by atoms with Crippen LogP contribution in [0, 0.1) is 5.92 Å². The number of nitrogens with one attached hydrogen (secondary N) is 1. The summed E-state index contributed by atoms with van der Waals surface area (Å²) in [6.45, 7) is 0.530. The van der Waals surface area contributed by atoms with E-state index >= 15 is 0 Å². The largest absolute Gasteiger partial charge is 0.481 e. The SMILES string of the molecule is CN(C)c1ccc(C2CCNC(=O)C2C(=O)O)cc1. The topological polar surface area (TPSA) is 69.6 Å². The summed E-state index contributed by atoms with van der Waals surface area (Å²) in [6, 6.07) is 7.71. The lowest BCUT2D eigenvalue weighted by Gasteiger charge is -2.28. The lowest BCUT2D eigenvalue weighted by atomic mass is 9.80. The van der Waals surface area contributed by atoms with Crippen LogP contribution in [0.15, 0.2) is 24.3 Å². The van der Waals surface area contributed by atoms with Gasteiger partial charge in [-0.05, 0) is 24.1 Å². The predicted octanol–water partition coefficient (Wildman–Crippen LogP) is 1.06. The van der Waals surface area contributed by atoms with Gasteiger partial charge in [-0.25, -0.2) is 0 Å². The molecule has 1 aromatic rings. The third kappa shape index (κ3) is 2.70. The van der Waals surface area contributed by atoms with Gasteiger partial charge < -0.3 is 15.3 Å². The van der Waals surface area contributed by atoms with Gasteiger partial charge in [0.25, 0.3) is 0 Å². The molecule has 0 saturated carbocycles. The molecule has 2 atom stereocenters. The summed E-state index contributed by atoms with van der Waals surface area (Å²) < 4.78 is 0. The maximum absolute atomic E-state index is 11.7. The molecular formula is C14H18N2O3. The number of hydrogen-bond donors (Lipinski definition) is 2. The number of carbonyl (C=O) groups is 2. The van der Waals surface area contributed by atoms with Crippen LogP contribution in [-0.2, 0) is 9.59 Å². The quantitative estimate of drug-likeness (QED) is 0.799. The molecule has 5 nitrogen and oxygen atoms in total. The fourth-order valence-electron chi connectivity index (χ4n) is 2.47. The van der Waals surface area contributed by atoms with E-state index in [1.54, 1.807) is 0 Å². The van der Waals surface area contributed by atoms with Gasteiger partial charge in [0.2, 0.25) is 5.91 Å². The number of aliphatic carboxylic acids is 1. The molecule has 1 aliphatic rings.